The predicted molar refractivity (Wildman–Crippen MR) is 216 cm³/mol. The molecule has 2 aliphatic heterocycles. The van der Waals surface area contributed by atoms with Crippen molar-refractivity contribution in [2.75, 3.05) is 25.7 Å². The van der Waals surface area contributed by atoms with Crippen molar-refractivity contribution in [2.45, 2.75) is 72.4 Å². The van der Waals surface area contributed by atoms with E-state index in [1.165, 1.54) is 5.56 Å². The Kier molecular flexibility index (Phi) is 10.8. The zero-order chi connectivity index (χ0) is 37.9. The van der Waals surface area contributed by atoms with Crippen LogP contribution in [0, 0.1) is 0 Å². The molecule has 0 spiro atoms. The highest BCUT2D eigenvalue weighted by Crippen LogP contribution is 2.56. The van der Waals surface area contributed by atoms with Gasteiger partial charge in [0.1, 0.15) is 18.1 Å². The van der Waals surface area contributed by atoms with E-state index in [2.05, 4.69) is 47.6 Å². The van der Waals surface area contributed by atoms with Crippen LogP contribution in [0.2, 0.25) is 0 Å². The fourth-order valence-corrected chi connectivity index (χ4v) is 10.1. The minimum Gasteiger partial charge on any atom is -0.497 e. The van der Waals surface area contributed by atoms with Gasteiger partial charge in [-0.3, -0.25) is 4.68 Å². The van der Waals surface area contributed by atoms with Gasteiger partial charge in [0.05, 0.1) is 25.1 Å². The Hall–Kier alpha value is -4.91. The van der Waals surface area contributed by atoms with Crippen LogP contribution in [0.1, 0.15) is 64.7 Å². The monoisotopic (exact) mass is 776 g/mol. The van der Waals surface area contributed by atoms with E-state index in [0.29, 0.717) is 36.7 Å². The molecular weight excluding hydrogens is 733 g/mol. The number of benzene rings is 4. The average molecular weight is 777 g/mol. The standard InChI is InChI=1S/C43H44N4O6S2/c1-46-38-13-6-5-11-35(38)36(43(46,42(49)50)41-37(44-47-19-7-14-39(41)47)27-54-26-30-22-32(24-48)53-45-30)12-8-20-52-40-23-33(21-29-9-3-4-10-34(29)40)55-25-28-15-17-31(51-2)18-16-28/h3-6,9-11,13,15-18,21-23,36,48H,7-8,12,14,19-20,24-27H2,1-2H3,(H,49,50). The summed E-state index contributed by atoms with van der Waals surface area (Å²) >= 11 is 3.38. The van der Waals surface area contributed by atoms with Gasteiger partial charge < -0.3 is 29.1 Å². The number of thioether (sulfide) groups is 2. The molecule has 55 heavy (non-hydrogen) atoms. The zero-order valence-electron chi connectivity index (χ0n) is 30.9. The van der Waals surface area contributed by atoms with Gasteiger partial charge in [0.25, 0.3) is 0 Å². The van der Waals surface area contributed by atoms with Crippen LogP contribution in [0.4, 0.5) is 5.69 Å². The second-order valence-electron chi connectivity index (χ2n) is 14.0. The Morgan fingerprint density at radius 1 is 1.02 bits per heavy atom. The van der Waals surface area contributed by atoms with E-state index in [9.17, 15) is 15.0 Å². The summed E-state index contributed by atoms with van der Waals surface area (Å²) in [5, 5.41) is 32.2. The van der Waals surface area contributed by atoms with E-state index in [-0.39, 0.29) is 12.5 Å². The highest BCUT2D eigenvalue weighted by Gasteiger charge is 2.59. The summed E-state index contributed by atoms with van der Waals surface area (Å²) in [7, 11) is 3.60. The van der Waals surface area contributed by atoms with Gasteiger partial charge in [-0.2, -0.15) is 5.10 Å². The highest BCUT2D eigenvalue weighted by atomic mass is 32.2. The van der Waals surface area contributed by atoms with Crippen LogP contribution in [-0.2, 0) is 47.2 Å². The lowest BCUT2D eigenvalue weighted by Crippen LogP contribution is -2.52. The van der Waals surface area contributed by atoms with Crippen molar-refractivity contribution in [2.24, 2.45) is 0 Å². The average Bonchev–Trinajstić information content (AvgIpc) is 3.99. The molecule has 2 atom stereocenters. The van der Waals surface area contributed by atoms with Crippen LogP contribution in [-0.4, -0.2) is 51.9 Å². The molecule has 12 heteroatoms. The van der Waals surface area contributed by atoms with Gasteiger partial charge in [0.15, 0.2) is 11.3 Å². The number of aromatic nitrogens is 3. The Balaban J connectivity index is 1.05. The van der Waals surface area contributed by atoms with E-state index < -0.39 is 11.5 Å². The van der Waals surface area contributed by atoms with Crippen LogP contribution >= 0.6 is 23.5 Å². The molecule has 0 amide bonds. The molecule has 0 saturated carbocycles. The van der Waals surface area contributed by atoms with Crippen molar-refractivity contribution in [1.82, 2.24) is 14.9 Å². The Bertz CT molecular complexity index is 2310. The Morgan fingerprint density at radius 2 is 1.84 bits per heavy atom. The van der Waals surface area contributed by atoms with Crippen molar-refractivity contribution in [3.8, 4) is 11.5 Å². The van der Waals surface area contributed by atoms with Crippen LogP contribution in [0.3, 0.4) is 0 Å². The number of aliphatic carboxylic acids is 1. The third-order valence-electron chi connectivity index (χ3n) is 10.8. The lowest BCUT2D eigenvalue weighted by Gasteiger charge is -2.39. The van der Waals surface area contributed by atoms with Crippen molar-refractivity contribution >= 4 is 46.0 Å². The number of aryl methyl sites for hydroxylation is 1. The van der Waals surface area contributed by atoms with E-state index in [1.807, 2.05) is 59.1 Å². The number of anilines is 1. The van der Waals surface area contributed by atoms with Crippen LogP contribution in [0.25, 0.3) is 10.8 Å². The number of methoxy groups -OCH3 is 1. The molecule has 284 valence electrons. The summed E-state index contributed by atoms with van der Waals surface area (Å²) in [6.45, 7) is 1.01. The molecule has 2 aromatic heterocycles. The summed E-state index contributed by atoms with van der Waals surface area (Å²) in [5.74, 6) is 2.78. The molecule has 6 aromatic rings. The molecule has 2 aliphatic rings. The summed E-state index contributed by atoms with van der Waals surface area (Å²) in [5.41, 5.74) is 5.18. The van der Waals surface area contributed by atoms with Gasteiger partial charge in [0.2, 0.25) is 0 Å². The zero-order valence-corrected chi connectivity index (χ0v) is 32.6. The number of aliphatic hydroxyl groups is 1. The van der Waals surface area contributed by atoms with Gasteiger partial charge in [-0.15, -0.1) is 23.5 Å². The molecule has 2 N–H and O–H groups in total. The van der Waals surface area contributed by atoms with Crippen molar-refractivity contribution < 1.29 is 29.0 Å². The molecule has 4 aromatic carbocycles. The van der Waals surface area contributed by atoms with Crippen molar-refractivity contribution in [1.29, 1.82) is 0 Å². The first-order valence-electron chi connectivity index (χ1n) is 18.6. The molecule has 0 aliphatic carbocycles. The molecule has 0 saturated heterocycles. The summed E-state index contributed by atoms with van der Waals surface area (Å²) < 4.78 is 19.1. The topological polar surface area (TPSA) is 123 Å². The molecule has 8 rings (SSSR count). The lowest BCUT2D eigenvalue weighted by atomic mass is 9.73. The molecule has 0 radical (unpaired) electrons. The van der Waals surface area contributed by atoms with E-state index in [0.717, 1.165) is 86.2 Å². The van der Waals surface area contributed by atoms with Gasteiger partial charge in [0, 0.05) is 70.1 Å². The first kappa shape index (κ1) is 37.0. The molecule has 0 bridgehead atoms. The van der Waals surface area contributed by atoms with Crippen LogP contribution in [0.15, 0.2) is 100 Å². The minimum atomic E-state index is -1.35. The largest absolute Gasteiger partial charge is 0.497 e. The maximum absolute atomic E-state index is 14.1. The first-order valence-corrected chi connectivity index (χ1v) is 20.7. The number of hydrogen-bond acceptors (Lipinski definition) is 10. The predicted octanol–water partition coefficient (Wildman–Crippen LogP) is 8.57. The number of rotatable bonds is 16. The van der Waals surface area contributed by atoms with Gasteiger partial charge in [-0.1, -0.05) is 59.8 Å². The second kappa shape index (κ2) is 16.1. The fourth-order valence-electron chi connectivity index (χ4n) is 8.33. The second-order valence-corrected chi connectivity index (χ2v) is 16.1. The molecular formula is C43H44N4O6S2. The fraction of sp³-hybridized carbons (Fsp3) is 0.326. The smallest absolute Gasteiger partial charge is 0.335 e. The molecule has 10 nitrogen and oxygen atoms in total. The SMILES string of the molecule is COc1ccc(CSc2cc(OCCCC3c4ccccc4N(C)C3(C(=O)O)c3c(CSCc4cc(CO)on4)nn4c3CCC4)c3ccccc3c2)cc1. The normalized spacial score (nSPS) is 17.4. The van der Waals surface area contributed by atoms with Crippen LogP contribution < -0.4 is 14.4 Å². The van der Waals surface area contributed by atoms with Gasteiger partial charge in [-0.05, 0) is 72.5 Å². The first-order chi connectivity index (χ1) is 26.9. The van der Waals surface area contributed by atoms with E-state index in [1.54, 1.807) is 36.7 Å². The van der Waals surface area contributed by atoms with Gasteiger partial charge >= 0.3 is 5.97 Å². The number of carboxylic acid groups (broad SMARTS) is 1. The third-order valence-corrected chi connectivity index (χ3v) is 12.9. The third kappa shape index (κ3) is 7.07. The number of para-hydroxylation sites is 1. The lowest BCUT2D eigenvalue weighted by molar-refractivity contribution is -0.144. The number of fused-ring (bicyclic) bond motifs is 3. The van der Waals surface area contributed by atoms with Gasteiger partial charge in [-0.25, -0.2) is 4.79 Å². The number of hydrogen-bond donors (Lipinski definition) is 2. The molecule has 2 unspecified atom stereocenters. The van der Waals surface area contributed by atoms with E-state index in [4.69, 9.17) is 19.1 Å². The number of nitrogens with zero attached hydrogens (tertiary/aromatic N) is 4. The number of carboxylic acids is 1. The van der Waals surface area contributed by atoms with Crippen LogP contribution in [0.5, 0.6) is 11.5 Å². The highest BCUT2D eigenvalue weighted by molar-refractivity contribution is 7.98. The Morgan fingerprint density at radius 3 is 2.64 bits per heavy atom. The quantitative estimate of drug-likeness (QED) is 0.0726. The molecule has 0 fully saturated rings. The molecule has 4 heterocycles. The number of carbonyl (C=O) groups is 1. The number of ether oxygens (including phenoxy) is 2. The number of aliphatic hydroxyl groups excluding tert-OH is 1. The maximum atomic E-state index is 14.1. The van der Waals surface area contributed by atoms with Crippen molar-refractivity contribution in [3.63, 3.8) is 0 Å². The minimum absolute atomic E-state index is 0.205. The summed E-state index contributed by atoms with van der Waals surface area (Å²) in [6.07, 6.45) is 2.98. The Labute approximate surface area is 328 Å². The summed E-state index contributed by atoms with van der Waals surface area (Å²) in [4.78, 5) is 17.2. The summed E-state index contributed by atoms with van der Waals surface area (Å²) in [6, 6.07) is 30.6. The maximum Gasteiger partial charge on any atom is 0.335 e. The van der Waals surface area contributed by atoms with E-state index >= 15 is 0 Å². The van der Waals surface area contributed by atoms with Crippen molar-refractivity contribution in [3.05, 3.63) is 131 Å². The number of likely N-dealkylation sites (N-methyl/N-ethyl adjacent to an activating group) is 1.